The molecular formula is C26H42N7O17P3S. The molecule has 0 aromatic carbocycles. The van der Waals surface area contributed by atoms with Gasteiger partial charge in [-0.3, -0.25) is 32.5 Å². The van der Waals surface area contributed by atoms with Gasteiger partial charge in [0, 0.05) is 37.1 Å². The highest BCUT2D eigenvalue weighted by Crippen LogP contribution is 2.61. The molecule has 2 aromatic heterocycles. The number of carbonyl (C=O) groups excluding carboxylic acids is 3. The molecule has 24 nitrogen and oxygen atoms in total. The number of amides is 2. The summed E-state index contributed by atoms with van der Waals surface area (Å²) in [5, 5.41) is 26.2. The van der Waals surface area contributed by atoms with Crippen molar-refractivity contribution in [3.8, 4) is 0 Å². The fourth-order valence-electron chi connectivity index (χ4n) is 4.59. The number of nitrogen functional groups attached to an aromatic ring is 1. The number of rotatable bonds is 22. The van der Waals surface area contributed by atoms with Gasteiger partial charge >= 0.3 is 23.5 Å². The van der Waals surface area contributed by atoms with Crippen molar-refractivity contribution in [2.45, 2.75) is 63.8 Å². The van der Waals surface area contributed by atoms with Crippen molar-refractivity contribution in [3.05, 3.63) is 25.3 Å². The molecule has 7 atom stereocenters. The number of aliphatic hydroxyl groups excluding tert-OH is 2. The number of nitrogens with zero attached hydrogens (tertiary/aromatic N) is 4. The van der Waals surface area contributed by atoms with Crippen molar-refractivity contribution in [1.29, 1.82) is 0 Å². The predicted molar refractivity (Wildman–Crippen MR) is 187 cm³/mol. The van der Waals surface area contributed by atoms with E-state index in [2.05, 4.69) is 41.0 Å². The minimum atomic E-state index is -5.57. The zero-order valence-corrected chi connectivity index (χ0v) is 32.3. The summed E-state index contributed by atoms with van der Waals surface area (Å²) >= 11 is 1.06. The van der Waals surface area contributed by atoms with Crippen LogP contribution in [0.1, 0.15) is 39.3 Å². The highest BCUT2D eigenvalue weighted by molar-refractivity contribution is 8.13. The largest absolute Gasteiger partial charge is 0.481 e. The van der Waals surface area contributed by atoms with Gasteiger partial charge in [-0.2, -0.15) is 4.31 Å². The number of nitrogens with one attached hydrogen (secondary N) is 2. The molecule has 3 heterocycles. The van der Waals surface area contributed by atoms with Gasteiger partial charge in [0.25, 0.3) is 0 Å². The molecule has 0 spiro atoms. The van der Waals surface area contributed by atoms with Crippen LogP contribution in [0.25, 0.3) is 11.2 Å². The van der Waals surface area contributed by atoms with E-state index in [4.69, 9.17) is 19.5 Å². The SMILES string of the molecule is C=CCCC(=O)SCCNC(=O)CCNC(=O)C(O)C(C)(C)COP(=O)(O)OP(=O)(O)OCC1OC(n2cnc3c(N)ncnc32)C(O)C1OP(=O)(O)O. The first-order valence-corrected chi connectivity index (χ1v) is 21.2. The molecule has 0 radical (unpaired) electrons. The molecule has 1 aliphatic heterocycles. The van der Waals surface area contributed by atoms with Gasteiger partial charge in [-0.05, 0) is 6.42 Å². The maximum atomic E-state index is 12.6. The Morgan fingerprint density at radius 1 is 1.09 bits per heavy atom. The summed E-state index contributed by atoms with van der Waals surface area (Å²) in [6, 6.07) is 0. The minimum Gasteiger partial charge on any atom is -0.386 e. The Bertz CT molecular complexity index is 1800. The smallest absolute Gasteiger partial charge is 0.386 e. The molecule has 1 saturated heterocycles. The van der Waals surface area contributed by atoms with Crippen LogP contribution >= 0.6 is 35.2 Å². The molecule has 1 fully saturated rings. The summed E-state index contributed by atoms with van der Waals surface area (Å²) < 4.78 is 62.0. The Morgan fingerprint density at radius 2 is 1.78 bits per heavy atom. The van der Waals surface area contributed by atoms with Gasteiger partial charge in [0.1, 0.15) is 36.3 Å². The predicted octanol–water partition coefficient (Wildman–Crippen LogP) is -0.369. The van der Waals surface area contributed by atoms with Gasteiger partial charge in [0.05, 0.1) is 19.5 Å². The van der Waals surface area contributed by atoms with Crippen molar-refractivity contribution >= 4 is 69.1 Å². The van der Waals surface area contributed by atoms with E-state index in [1.807, 2.05) is 0 Å². The second-order valence-electron chi connectivity index (χ2n) is 12.1. The first-order valence-electron chi connectivity index (χ1n) is 15.7. The topological polar surface area (TPSA) is 364 Å². The van der Waals surface area contributed by atoms with E-state index in [1.165, 1.54) is 13.8 Å². The standard InChI is InChI=1S/C26H42N7O17P3S/c1-4-5-6-17(35)54-10-9-28-16(34)7-8-29-24(38)21(37)26(2,3)12-47-53(44,45)50-52(42,43)46-11-15-20(49-51(39,40)41)19(36)25(48-15)33-14-32-18-22(27)30-13-31-23(18)33/h4,13-15,19-21,25,36-37H,1,5-12H2,2-3H3,(H,28,34)(H,29,38)(H,42,43)(H,44,45)(H2,27,30,31)(H2,39,40,41). The molecule has 1 aliphatic rings. The Hall–Kier alpha value is -2.70. The lowest BCUT2D eigenvalue weighted by molar-refractivity contribution is -0.137. The minimum absolute atomic E-state index is 0.0299. The average molecular weight is 850 g/mol. The summed E-state index contributed by atoms with van der Waals surface area (Å²) in [5.74, 6) is -1.11. The second kappa shape index (κ2) is 19.4. The van der Waals surface area contributed by atoms with Crippen molar-refractivity contribution in [3.63, 3.8) is 0 Å². The van der Waals surface area contributed by atoms with Crippen molar-refractivity contribution in [2.75, 3.05) is 37.8 Å². The first kappa shape index (κ1) is 45.7. The number of imidazole rings is 1. The van der Waals surface area contributed by atoms with Crippen LogP contribution in [-0.2, 0) is 50.7 Å². The Balaban J connectivity index is 1.50. The third-order valence-corrected chi connectivity index (χ3v) is 11.4. The molecule has 0 aliphatic carbocycles. The number of thioether (sulfide) groups is 1. The quantitative estimate of drug-likeness (QED) is 0.0414. The van der Waals surface area contributed by atoms with E-state index < -0.39 is 84.6 Å². The van der Waals surface area contributed by atoms with Gasteiger partial charge < -0.3 is 50.9 Å². The molecule has 10 N–H and O–H groups in total. The van der Waals surface area contributed by atoms with Crippen LogP contribution in [0.2, 0.25) is 0 Å². The van der Waals surface area contributed by atoms with Crippen molar-refractivity contribution < 1.29 is 80.5 Å². The average Bonchev–Trinajstić information content (AvgIpc) is 3.63. The normalized spacial score (nSPS) is 21.9. The number of carbonyl (C=O) groups is 3. The highest BCUT2D eigenvalue weighted by Gasteiger charge is 2.50. The number of phosphoric ester groups is 3. The van der Waals surface area contributed by atoms with Gasteiger partial charge in [0.15, 0.2) is 22.8 Å². The zero-order valence-electron chi connectivity index (χ0n) is 28.8. The number of nitrogens with two attached hydrogens (primary N) is 1. The maximum Gasteiger partial charge on any atom is 0.481 e. The van der Waals surface area contributed by atoms with E-state index in [-0.39, 0.29) is 41.6 Å². The van der Waals surface area contributed by atoms with E-state index in [0.717, 1.165) is 29.0 Å². The summed E-state index contributed by atoms with van der Waals surface area (Å²) in [6.45, 7) is 4.03. The number of hydrogen-bond acceptors (Lipinski definition) is 18. The molecule has 7 unspecified atom stereocenters. The van der Waals surface area contributed by atoms with E-state index >= 15 is 0 Å². The Morgan fingerprint density at radius 3 is 2.44 bits per heavy atom. The van der Waals surface area contributed by atoms with Gasteiger partial charge in [-0.1, -0.05) is 31.7 Å². The number of aromatic nitrogens is 4. The number of anilines is 1. The van der Waals surface area contributed by atoms with Crippen LogP contribution in [0.3, 0.4) is 0 Å². The number of fused-ring (bicyclic) bond motifs is 1. The lowest BCUT2D eigenvalue weighted by atomic mass is 9.87. The summed E-state index contributed by atoms with van der Waals surface area (Å²) in [4.78, 5) is 87.0. The molecule has 3 rings (SSSR count). The number of aliphatic hydroxyl groups is 2. The summed E-state index contributed by atoms with van der Waals surface area (Å²) in [7, 11) is -16.4. The molecule has 0 saturated carbocycles. The van der Waals surface area contributed by atoms with E-state index in [0.29, 0.717) is 18.6 Å². The van der Waals surface area contributed by atoms with Crippen LogP contribution in [0, 0.1) is 5.41 Å². The second-order valence-corrected chi connectivity index (χ2v) is 17.5. The van der Waals surface area contributed by atoms with E-state index in [1.54, 1.807) is 6.08 Å². The first-order chi connectivity index (χ1) is 25.1. The Labute approximate surface area is 311 Å². The van der Waals surface area contributed by atoms with Crippen molar-refractivity contribution in [1.82, 2.24) is 30.2 Å². The molecule has 54 heavy (non-hydrogen) atoms. The third kappa shape index (κ3) is 13.8. The number of ether oxygens (including phenoxy) is 1. The fraction of sp³-hybridized carbons (Fsp3) is 0.615. The monoisotopic (exact) mass is 849 g/mol. The molecule has 0 bridgehead atoms. The van der Waals surface area contributed by atoms with Crippen LogP contribution in [0.15, 0.2) is 25.3 Å². The number of hydrogen-bond donors (Lipinski definition) is 9. The van der Waals surface area contributed by atoms with Crippen LogP contribution in [-0.4, -0.2) is 123 Å². The highest BCUT2D eigenvalue weighted by atomic mass is 32.2. The van der Waals surface area contributed by atoms with Crippen molar-refractivity contribution in [2.24, 2.45) is 5.41 Å². The lowest BCUT2D eigenvalue weighted by Crippen LogP contribution is -2.46. The zero-order chi connectivity index (χ0) is 40.5. The third-order valence-electron chi connectivity index (χ3n) is 7.32. The van der Waals surface area contributed by atoms with Crippen LogP contribution in [0.5, 0.6) is 0 Å². The van der Waals surface area contributed by atoms with Gasteiger partial charge in [-0.25, -0.2) is 28.6 Å². The lowest BCUT2D eigenvalue weighted by Gasteiger charge is -2.30. The molecule has 2 aromatic rings. The van der Waals surface area contributed by atoms with Crippen LogP contribution in [0.4, 0.5) is 5.82 Å². The van der Waals surface area contributed by atoms with Gasteiger partial charge in [-0.15, -0.1) is 6.58 Å². The molecule has 28 heteroatoms. The summed E-state index contributed by atoms with van der Waals surface area (Å²) in [6.07, 6.45) is -4.40. The molecule has 2 amide bonds. The molecule has 304 valence electrons. The van der Waals surface area contributed by atoms with Gasteiger partial charge in [0.2, 0.25) is 11.8 Å². The Kier molecular flexibility index (Phi) is 16.4. The summed E-state index contributed by atoms with van der Waals surface area (Å²) in [5.41, 5.74) is 4.26. The maximum absolute atomic E-state index is 12.6. The number of allylic oxidation sites excluding steroid dienone is 1. The number of phosphoric acid groups is 3. The fourth-order valence-corrected chi connectivity index (χ4v) is 8.11. The molecular weight excluding hydrogens is 807 g/mol. The van der Waals surface area contributed by atoms with E-state index in [9.17, 15) is 57.9 Å². The van der Waals surface area contributed by atoms with Crippen LogP contribution < -0.4 is 16.4 Å².